The molecule has 6 nitrogen and oxygen atoms in total. The number of pyridine rings is 1. The molecule has 0 bridgehead atoms. The van der Waals surface area contributed by atoms with Crippen LogP contribution in [0.5, 0.6) is 0 Å². The second kappa shape index (κ2) is 8.11. The first-order valence-electron chi connectivity index (χ1n) is 10.9. The van der Waals surface area contributed by atoms with E-state index in [9.17, 15) is 4.79 Å². The summed E-state index contributed by atoms with van der Waals surface area (Å²) in [7, 11) is 0. The molecule has 0 aliphatic carbocycles. The predicted octanol–water partition coefficient (Wildman–Crippen LogP) is 4.78. The molecule has 0 atom stereocenters. The number of amides is 1. The van der Waals surface area contributed by atoms with Crippen LogP contribution in [0.2, 0.25) is 0 Å². The fraction of sp³-hybridized carbons (Fsp3) is 0.269. The molecule has 5 rings (SSSR count). The summed E-state index contributed by atoms with van der Waals surface area (Å²) in [5.74, 6) is 0.00138. The molecule has 3 heterocycles. The van der Waals surface area contributed by atoms with Gasteiger partial charge in [0, 0.05) is 37.4 Å². The number of piperazine rings is 1. The van der Waals surface area contributed by atoms with E-state index in [2.05, 4.69) is 46.2 Å². The van der Waals surface area contributed by atoms with Crippen LogP contribution in [0.25, 0.3) is 22.4 Å². The molecular formula is C26H26N4O2. The van der Waals surface area contributed by atoms with Crippen molar-refractivity contribution in [3.63, 3.8) is 0 Å². The minimum Gasteiger partial charge on any atom is -0.368 e. The van der Waals surface area contributed by atoms with Crippen molar-refractivity contribution >= 4 is 22.7 Å². The van der Waals surface area contributed by atoms with E-state index >= 15 is 0 Å². The molecule has 0 radical (unpaired) electrons. The standard InChI is InChI=1S/C26H26N4O2/c1-17-8-10-20(11-9-17)22-16-21(24-19(3)28-32-25(24)27-22)26(31)30-14-12-29(13-15-30)23-7-5-4-6-18(23)2/h4-11,16H,12-15H2,1-3H3. The van der Waals surface area contributed by atoms with Crippen LogP contribution in [-0.4, -0.2) is 47.1 Å². The van der Waals surface area contributed by atoms with Crippen molar-refractivity contribution in [2.24, 2.45) is 0 Å². The number of para-hydroxylation sites is 1. The Balaban J connectivity index is 1.45. The average Bonchev–Trinajstić information content (AvgIpc) is 3.20. The monoisotopic (exact) mass is 426 g/mol. The Kier molecular flexibility index (Phi) is 5.13. The highest BCUT2D eigenvalue weighted by Crippen LogP contribution is 2.29. The Morgan fingerprint density at radius 1 is 0.938 bits per heavy atom. The first-order valence-corrected chi connectivity index (χ1v) is 10.9. The molecule has 0 spiro atoms. The number of hydrogen-bond donors (Lipinski definition) is 0. The van der Waals surface area contributed by atoms with Gasteiger partial charge in [-0.1, -0.05) is 53.2 Å². The van der Waals surface area contributed by atoms with Crippen LogP contribution in [0.15, 0.2) is 59.1 Å². The van der Waals surface area contributed by atoms with Crippen molar-refractivity contribution < 1.29 is 9.32 Å². The van der Waals surface area contributed by atoms with E-state index in [1.807, 2.05) is 49.1 Å². The lowest BCUT2D eigenvalue weighted by atomic mass is 10.0. The Bertz CT molecular complexity index is 1290. The summed E-state index contributed by atoms with van der Waals surface area (Å²) >= 11 is 0. The fourth-order valence-electron chi connectivity index (χ4n) is 4.37. The SMILES string of the molecule is Cc1ccc(-c2cc(C(=O)N3CCN(c4ccccc4C)CC3)c3c(C)noc3n2)cc1. The molecule has 2 aromatic heterocycles. The third-order valence-electron chi connectivity index (χ3n) is 6.22. The van der Waals surface area contributed by atoms with Gasteiger partial charge in [0.2, 0.25) is 0 Å². The zero-order valence-electron chi connectivity index (χ0n) is 18.6. The number of aromatic nitrogens is 2. The van der Waals surface area contributed by atoms with E-state index in [1.54, 1.807) is 0 Å². The molecule has 32 heavy (non-hydrogen) atoms. The van der Waals surface area contributed by atoms with Gasteiger partial charge in [0.15, 0.2) is 0 Å². The van der Waals surface area contributed by atoms with E-state index in [1.165, 1.54) is 16.8 Å². The quantitative estimate of drug-likeness (QED) is 0.472. The van der Waals surface area contributed by atoms with Gasteiger partial charge in [-0.15, -0.1) is 0 Å². The molecule has 162 valence electrons. The zero-order valence-corrected chi connectivity index (χ0v) is 18.6. The number of anilines is 1. The van der Waals surface area contributed by atoms with Crippen molar-refractivity contribution in [1.82, 2.24) is 15.0 Å². The largest absolute Gasteiger partial charge is 0.368 e. The molecule has 4 aromatic rings. The molecular weight excluding hydrogens is 400 g/mol. The maximum absolute atomic E-state index is 13.6. The molecule has 1 fully saturated rings. The average molecular weight is 427 g/mol. The van der Waals surface area contributed by atoms with Gasteiger partial charge in [0.25, 0.3) is 11.6 Å². The van der Waals surface area contributed by atoms with Crippen LogP contribution in [0.1, 0.15) is 27.2 Å². The number of hydrogen-bond acceptors (Lipinski definition) is 5. The first kappa shape index (κ1) is 20.2. The second-order valence-corrected chi connectivity index (χ2v) is 8.43. The van der Waals surface area contributed by atoms with Crippen molar-refractivity contribution in [1.29, 1.82) is 0 Å². The number of carbonyl (C=O) groups excluding carboxylic acids is 1. The predicted molar refractivity (Wildman–Crippen MR) is 126 cm³/mol. The molecule has 1 aliphatic heterocycles. The summed E-state index contributed by atoms with van der Waals surface area (Å²) in [6.45, 7) is 8.97. The van der Waals surface area contributed by atoms with Crippen LogP contribution >= 0.6 is 0 Å². The van der Waals surface area contributed by atoms with Crippen molar-refractivity contribution in [2.45, 2.75) is 20.8 Å². The Hall–Kier alpha value is -3.67. The van der Waals surface area contributed by atoms with E-state index in [4.69, 9.17) is 4.52 Å². The van der Waals surface area contributed by atoms with E-state index in [0.717, 1.165) is 24.3 Å². The summed E-state index contributed by atoms with van der Waals surface area (Å²) < 4.78 is 5.46. The van der Waals surface area contributed by atoms with Gasteiger partial charge in [-0.3, -0.25) is 4.79 Å². The Labute approximate surface area is 187 Å². The van der Waals surface area contributed by atoms with Gasteiger partial charge in [-0.2, -0.15) is 0 Å². The number of aryl methyl sites for hydroxylation is 3. The van der Waals surface area contributed by atoms with Gasteiger partial charge < -0.3 is 14.3 Å². The van der Waals surface area contributed by atoms with Crippen LogP contribution in [0.4, 0.5) is 5.69 Å². The third-order valence-corrected chi connectivity index (χ3v) is 6.22. The second-order valence-electron chi connectivity index (χ2n) is 8.43. The number of carbonyl (C=O) groups is 1. The fourth-order valence-corrected chi connectivity index (χ4v) is 4.37. The number of benzene rings is 2. The molecule has 0 unspecified atom stereocenters. The van der Waals surface area contributed by atoms with Crippen molar-refractivity contribution in [2.75, 3.05) is 31.1 Å². The molecule has 1 saturated heterocycles. The first-order chi connectivity index (χ1) is 15.5. The van der Waals surface area contributed by atoms with Crippen LogP contribution in [-0.2, 0) is 0 Å². The highest BCUT2D eigenvalue weighted by atomic mass is 16.5. The van der Waals surface area contributed by atoms with E-state index in [-0.39, 0.29) is 5.91 Å². The van der Waals surface area contributed by atoms with Crippen LogP contribution in [0.3, 0.4) is 0 Å². The normalized spacial score (nSPS) is 14.2. The molecule has 1 amide bonds. The van der Waals surface area contributed by atoms with Crippen LogP contribution < -0.4 is 4.90 Å². The van der Waals surface area contributed by atoms with Gasteiger partial charge >= 0.3 is 0 Å². The number of rotatable bonds is 3. The molecule has 1 aliphatic rings. The summed E-state index contributed by atoms with van der Waals surface area (Å²) in [5, 5.41) is 4.78. The number of fused-ring (bicyclic) bond motifs is 1. The summed E-state index contributed by atoms with van der Waals surface area (Å²) in [4.78, 5) is 22.5. The molecule has 2 aromatic carbocycles. The summed E-state index contributed by atoms with van der Waals surface area (Å²) in [6.07, 6.45) is 0. The highest BCUT2D eigenvalue weighted by Gasteiger charge is 2.27. The lowest BCUT2D eigenvalue weighted by Crippen LogP contribution is -2.49. The lowest BCUT2D eigenvalue weighted by molar-refractivity contribution is 0.0748. The highest BCUT2D eigenvalue weighted by molar-refractivity contribution is 6.07. The summed E-state index contributed by atoms with van der Waals surface area (Å²) in [5.41, 5.74) is 7.03. The Morgan fingerprint density at radius 3 is 2.38 bits per heavy atom. The zero-order chi connectivity index (χ0) is 22.2. The third kappa shape index (κ3) is 3.62. The maximum atomic E-state index is 13.6. The topological polar surface area (TPSA) is 62.5 Å². The smallest absolute Gasteiger partial charge is 0.259 e. The van der Waals surface area contributed by atoms with Gasteiger partial charge in [0.1, 0.15) is 0 Å². The van der Waals surface area contributed by atoms with Crippen LogP contribution in [0, 0.1) is 20.8 Å². The van der Waals surface area contributed by atoms with E-state index < -0.39 is 0 Å². The van der Waals surface area contributed by atoms with Gasteiger partial charge in [-0.05, 0) is 38.5 Å². The molecule has 6 heteroatoms. The number of nitrogens with zero attached hydrogens (tertiary/aromatic N) is 4. The Morgan fingerprint density at radius 2 is 1.66 bits per heavy atom. The molecule has 0 saturated carbocycles. The minimum atomic E-state index is 0.00138. The van der Waals surface area contributed by atoms with Gasteiger partial charge in [-0.25, -0.2) is 4.98 Å². The maximum Gasteiger partial charge on any atom is 0.259 e. The lowest BCUT2D eigenvalue weighted by Gasteiger charge is -2.37. The minimum absolute atomic E-state index is 0.00138. The molecule has 0 N–H and O–H groups in total. The van der Waals surface area contributed by atoms with E-state index in [0.29, 0.717) is 35.4 Å². The van der Waals surface area contributed by atoms with Gasteiger partial charge in [0.05, 0.1) is 22.3 Å². The van der Waals surface area contributed by atoms with Crippen molar-refractivity contribution in [3.8, 4) is 11.3 Å². The summed E-state index contributed by atoms with van der Waals surface area (Å²) in [6, 6.07) is 18.4. The van der Waals surface area contributed by atoms with Crippen molar-refractivity contribution in [3.05, 3.63) is 77.0 Å².